The molecule has 0 amide bonds. The highest BCUT2D eigenvalue weighted by Crippen LogP contribution is 2.47. The van der Waals surface area contributed by atoms with Gasteiger partial charge in [-0.05, 0) is 77.2 Å². The number of nitrogens with zero attached hydrogens (tertiary/aromatic N) is 4. The van der Waals surface area contributed by atoms with Crippen molar-refractivity contribution in [1.29, 1.82) is 0 Å². The van der Waals surface area contributed by atoms with Crippen molar-refractivity contribution in [2.24, 2.45) is 0 Å². The molecule has 186 valence electrons. The van der Waals surface area contributed by atoms with Crippen LogP contribution < -0.4 is 4.74 Å². The van der Waals surface area contributed by atoms with Crippen LogP contribution in [0.1, 0.15) is 75.7 Å². The zero-order valence-corrected chi connectivity index (χ0v) is 21.5. The van der Waals surface area contributed by atoms with E-state index in [1.807, 2.05) is 0 Å². The lowest BCUT2D eigenvalue weighted by atomic mass is 9.91. The number of thiophene rings is 1. The zero-order valence-electron chi connectivity index (χ0n) is 20.7. The quantitative estimate of drug-likeness (QED) is 0.638. The zero-order chi connectivity index (χ0) is 23.8. The first-order chi connectivity index (χ1) is 16.4. The van der Waals surface area contributed by atoms with Gasteiger partial charge < -0.3 is 9.84 Å². The number of rotatable bonds is 7. The molecular weight excluding hydrogens is 448 g/mol. The van der Waals surface area contributed by atoms with Gasteiger partial charge in [0.15, 0.2) is 5.78 Å². The molecule has 2 aliphatic carbocycles. The fraction of sp³-hybridized carbons (Fsp3) is 0.731. The number of aryl methyl sites for hydroxylation is 1. The number of carbonyl (C=O) groups is 1. The standard InChI is InChI=1S/C26H38N4O3S/c1-16(2)29-10-12-30(13-11-29)19-5-7-20(8-6-19)33-25-24-23-18(14-21(32)17(3)31)4-9-22(23)34-26(24)28-15-27-25/h15-16,18-21,32H,4-14H2,1-3H3/t18-,19-,20-,21+/m1/s1. The highest BCUT2D eigenvalue weighted by atomic mass is 32.1. The number of hydrogen-bond donors (Lipinski definition) is 1. The van der Waals surface area contributed by atoms with Gasteiger partial charge in [-0.25, -0.2) is 9.97 Å². The van der Waals surface area contributed by atoms with Gasteiger partial charge in [0.25, 0.3) is 0 Å². The van der Waals surface area contributed by atoms with E-state index >= 15 is 0 Å². The van der Waals surface area contributed by atoms with E-state index in [0.29, 0.717) is 24.4 Å². The molecule has 1 saturated carbocycles. The molecule has 2 aromatic rings. The third-order valence-corrected chi connectivity index (χ3v) is 9.36. The maximum Gasteiger partial charge on any atom is 0.225 e. The van der Waals surface area contributed by atoms with Crippen LogP contribution in [0.15, 0.2) is 6.33 Å². The number of ketones is 1. The molecule has 2 aromatic heterocycles. The fourth-order valence-corrected chi connectivity index (χ4v) is 7.34. The summed E-state index contributed by atoms with van der Waals surface area (Å²) in [5.41, 5.74) is 1.22. The Labute approximate surface area is 206 Å². The SMILES string of the molecule is CC(=O)[C@@H](O)C[C@H]1CCc2sc3ncnc(O[C@H]4CC[C@H](N5CCN(C(C)C)CC5)CC4)c3c21. The summed E-state index contributed by atoms with van der Waals surface area (Å²) in [4.78, 5) is 28.3. The molecule has 0 spiro atoms. The van der Waals surface area contributed by atoms with E-state index < -0.39 is 6.10 Å². The van der Waals surface area contributed by atoms with Crippen LogP contribution in [-0.4, -0.2) is 81.1 Å². The van der Waals surface area contributed by atoms with Crippen molar-refractivity contribution in [3.63, 3.8) is 0 Å². The average molecular weight is 487 g/mol. The van der Waals surface area contributed by atoms with Gasteiger partial charge in [-0.15, -0.1) is 11.3 Å². The largest absolute Gasteiger partial charge is 0.474 e. The van der Waals surface area contributed by atoms with Gasteiger partial charge in [0.2, 0.25) is 5.88 Å². The van der Waals surface area contributed by atoms with Crippen molar-refractivity contribution in [1.82, 2.24) is 19.8 Å². The Kier molecular flexibility index (Phi) is 7.21. The van der Waals surface area contributed by atoms with Crippen LogP contribution in [-0.2, 0) is 11.2 Å². The lowest BCUT2D eigenvalue weighted by Crippen LogP contribution is -2.53. The lowest BCUT2D eigenvalue weighted by Gasteiger charge is -2.43. The predicted octanol–water partition coefficient (Wildman–Crippen LogP) is 3.78. The van der Waals surface area contributed by atoms with Crippen LogP contribution in [0, 0.1) is 0 Å². The summed E-state index contributed by atoms with van der Waals surface area (Å²) in [6, 6.07) is 1.31. The number of fused-ring (bicyclic) bond motifs is 3. The highest BCUT2D eigenvalue weighted by Gasteiger charge is 2.34. The molecule has 0 aromatic carbocycles. The lowest BCUT2D eigenvalue weighted by molar-refractivity contribution is -0.125. The number of ether oxygens (including phenoxy) is 1. The summed E-state index contributed by atoms with van der Waals surface area (Å²) in [5.74, 6) is 0.694. The van der Waals surface area contributed by atoms with Gasteiger partial charge >= 0.3 is 0 Å². The molecule has 1 aliphatic heterocycles. The third-order valence-electron chi connectivity index (χ3n) is 8.19. The van der Waals surface area contributed by atoms with Crippen molar-refractivity contribution < 1.29 is 14.6 Å². The molecule has 2 fully saturated rings. The van der Waals surface area contributed by atoms with E-state index in [0.717, 1.165) is 35.9 Å². The molecule has 0 bridgehead atoms. The Hall–Kier alpha value is -1.61. The second kappa shape index (κ2) is 10.2. The van der Waals surface area contributed by atoms with Crippen LogP contribution >= 0.6 is 11.3 Å². The minimum Gasteiger partial charge on any atom is -0.474 e. The minimum absolute atomic E-state index is 0.163. The van der Waals surface area contributed by atoms with Crippen LogP contribution in [0.4, 0.5) is 0 Å². The summed E-state index contributed by atoms with van der Waals surface area (Å²) in [5, 5.41) is 11.2. The number of piperazine rings is 1. The summed E-state index contributed by atoms with van der Waals surface area (Å²) in [6.07, 6.45) is 7.76. The summed E-state index contributed by atoms with van der Waals surface area (Å²) in [7, 11) is 0. The molecule has 0 unspecified atom stereocenters. The first-order valence-electron chi connectivity index (χ1n) is 13.0. The monoisotopic (exact) mass is 486 g/mol. The first kappa shape index (κ1) is 24.1. The second-order valence-corrected chi connectivity index (χ2v) is 11.7. The Bertz CT molecular complexity index is 1010. The Morgan fingerprint density at radius 3 is 2.56 bits per heavy atom. The maximum atomic E-state index is 11.7. The topological polar surface area (TPSA) is 78.8 Å². The van der Waals surface area contributed by atoms with E-state index in [2.05, 4.69) is 33.6 Å². The number of hydrogen-bond acceptors (Lipinski definition) is 8. The molecular formula is C26H38N4O3S. The van der Waals surface area contributed by atoms with Crippen molar-refractivity contribution >= 4 is 27.3 Å². The average Bonchev–Trinajstić information content (AvgIpc) is 3.39. The van der Waals surface area contributed by atoms with E-state index in [1.165, 1.54) is 56.4 Å². The maximum absolute atomic E-state index is 11.7. The predicted molar refractivity (Wildman–Crippen MR) is 135 cm³/mol. The molecule has 3 heterocycles. The van der Waals surface area contributed by atoms with Gasteiger partial charge in [-0.3, -0.25) is 14.6 Å². The van der Waals surface area contributed by atoms with E-state index in [9.17, 15) is 9.90 Å². The molecule has 7 nitrogen and oxygen atoms in total. The highest BCUT2D eigenvalue weighted by molar-refractivity contribution is 7.19. The van der Waals surface area contributed by atoms with Crippen LogP contribution in [0.5, 0.6) is 5.88 Å². The Morgan fingerprint density at radius 2 is 1.88 bits per heavy atom. The molecule has 1 N–H and O–H groups in total. The number of aliphatic hydroxyl groups excluding tert-OH is 1. The normalized spacial score (nSPS) is 27.3. The van der Waals surface area contributed by atoms with Gasteiger partial charge in [0.1, 0.15) is 23.4 Å². The van der Waals surface area contributed by atoms with Crippen molar-refractivity contribution in [2.45, 2.75) is 95.9 Å². The third kappa shape index (κ3) is 4.87. The summed E-state index contributed by atoms with van der Waals surface area (Å²) >= 11 is 1.71. The van der Waals surface area contributed by atoms with Crippen molar-refractivity contribution in [2.75, 3.05) is 26.2 Å². The Morgan fingerprint density at radius 1 is 1.15 bits per heavy atom. The Balaban J connectivity index is 1.25. The molecule has 2 atom stereocenters. The van der Waals surface area contributed by atoms with E-state index in [1.54, 1.807) is 17.7 Å². The van der Waals surface area contributed by atoms with Crippen LogP contribution in [0.3, 0.4) is 0 Å². The smallest absolute Gasteiger partial charge is 0.225 e. The van der Waals surface area contributed by atoms with Crippen LogP contribution in [0.25, 0.3) is 10.2 Å². The van der Waals surface area contributed by atoms with Crippen molar-refractivity contribution in [3.05, 3.63) is 16.8 Å². The molecule has 0 radical (unpaired) electrons. The number of Topliss-reactive ketones (excluding diaryl/α,β-unsaturated/α-hetero) is 1. The van der Waals surface area contributed by atoms with Gasteiger partial charge in [-0.2, -0.15) is 0 Å². The summed E-state index contributed by atoms with van der Waals surface area (Å²) < 4.78 is 6.54. The van der Waals surface area contributed by atoms with Gasteiger partial charge in [-0.1, -0.05) is 0 Å². The molecule has 34 heavy (non-hydrogen) atoms. The number of aromatic nitrogens is 2. The molecule has 1 saturated heterocycles. The number of aliphatic hydroxyl groups is 1. The van der Waals surface area contributed by atoms with Crippen molar-refractivity contribution in [3.8, 4) is 5.88 Å². The van der Waals surface area contributed by atoms with E-state index in [4.69, 9.17) is 4.74 Å². The fourth-order valence-electron chi connectivity index (χ4n) is 6.11. The summed E-state index contributed by atoms with van der Waals surface area (Å²) in [6.45, 7) is 10.7. The molecule has 3 aliphatic rings. The first-order valence-corrected chi connectivity index (χ1v) is 13.8. The second-order valence-electron chi connectivity index (χ2n) is 10.6. The molecule has 5 rings (SSSR count). The van der Waals surface area contributed by atoms with Crippen LogP contribution in [0.2, 0.25) is 0 Å². The van der Waals surface area contributed by atoms with E-state index in [-0.39, 0.29) is 17.8 Å². The minimum atomic E-state index is -0.905. The van der Waals surface area contributed by atoms with Gasteiger partial charge in [0, 0.05) is 43.1 Å². The van der Waals surface area contributed by atoms with Gasteiger partial charge in [0.05, 0.1) is 5.39 Å². The molecule has 8 heteroatoms. The number of carbonyl (C=O) groups excluding carboxylic acids is 1.